The molecule has 122 valence electrons. The van der Waals surface area contributed by atoms with Gasteiger partial charge in [-0.05, 0) is 12.1 Å². The summed E-state index contributed by atoms with van der Waals surface area (Å²) in [4.78, 5) is 14.2. The van der Waals surface area contributed by atoms with Gasteiger partial charge in [-0.1, -0.05) is 23.2 Å². The van der Waals surface area contributed by atoms with Crippen molar-refractivity contribution >= 4 is 53.3 Å². The van der Waals surface area contributed by atoms with E-state index in [4.69, 9.17) is 27.9 Å². The molecule has 2 unspecified atom stereocenters. The lowest BCUT2D eigenvalue weighted by Gasteiger charge is -2.20. The number of ether oxygens (including phenoxy) is 1. The Morgan fingerprint density at radius 3 is 2.86 bits per heavy atom. The highest BCUT2D eigenvalue weighted by molar-refractivity contribution is 7.99. The maximum Gasteiger partial charge on any atom is 0.240 e. The number of likely N-dealkylation sites (tertiary alicyclic amines) is 1. The Labute approximate surface area is 150 Å². The van der Waals surface area contributed by atoms with E-state index < -0.39 is 0 Å². The Kier molecular flexibility index (Phi) is 6.53. The van der Waals surface area contributed by atoms with Crippen LogP contribution in [-0.2, 0) is 4.79 Å². The molecule has 1 amide bonds. The number of amides is 1. The van der Waals surface area contributed by atoms with Gasteiger partial charge in [-0.15, -0.1) is 24.2 Å². The largest absolute Gasteiger partial charge is 0.488 e. The lowest BCUT2D eigenvalue weighted by Crippen LogP contribution is -2.44. The number of rotatable bonds is 3. The summed E-state index contributed by atoms with van der Waals surface area (Å²) in [5.74, 6) is 2.58. The van der Waals surface area contributed by atoms with Gasteiger partial charge in [-0.3, -0.25) is 10.1 Å². The van der Waals surface area contributed by atoms with Crippen molar-refractivity contribution in [3.05, 3.63) is 28.2 Å². The molecule has 2 aliphatic heterocycles. The molecule has 4 nitrogen and oxygen atoms in total. The molecule has 2 aliphatic rings. The lowest BCUT2D eigenvalue weighted by molar-refractivity contribution is -0.131. The van der Waals surface area contributed by atoms with E-state index >= 15 is 0 Å². The molecule has 2 saturated heterocycles. The minimum absolute atomic E-state index is 0. The van der Waals surface area contributed by atoms with E-state index in [0.717, 1.165) is 24.6 Å². The van der Waals surface area contributed by atoms with Crippen molar-refractivity contribution in [3.8, 4) is 5.75 Å². The monoisotopic (exact) mass is 382 g/mol. The van der Waals surface area contributed by atoms with Crippen molar-refractivity contribution in [2.45, 2.75) is 18.6 Å². The van der Waals surface area contributed by atoms with Crippen LogP contribution in [0.2, 0.25) is 10.0 Å². The van der Waals surface area contributed by atoms with Crippen LogP contribution in [0.1, 0.15) is 6.42 Å². The lowest BCUT2D eigenvalue weighted by atomic mass is 10.3. The van der Waals surface area contributed by atoms with Crippen LogP contribution in [0.25, 0.3) is 0 Å². The Balaban J connectivity index is 0.00000176. The molecule has 1 aromatic carbocycles. The Morgan fingerprint density at radius 1 is 1.36 bits per heavy atom. The molecule has 2 atom stereocenters. The predicted octanol–water partition coefficient (Wildman–Crippen LogP) is 3.06. The summed E-state index contributed by atoms with van der Waals surface area (Å²) in [6.07, 6.45) is 0.853. The summed E-state index contributed by atoms with van der Waals surface area (Å²) in [5.41, 5.74) is 0. The van der Waals surface area contributed by atoms with Gasteiger partial charge in [0.25, 0.3) is 0 Å². The third kappa shape index (κ3) is 4.15. The zero-order valence-corrected chi connectivity index (χ0v) is 14.9. The second kappa shape index (κ2) is 7.97. The fourth-order valence-electron chi connectivity index (χ4n) is 2.54. The van der Waals surface area contributed by atoms with E-state index in [1.54, 1.807) is 30.0 Å². The van der Waals surface area contributed by atoms with E-state index in [1.807, 2.05) is 4.90 Å². The van der Waals surface area contributed by atoms with E-state index in [2.05, 4.69) is 5.32 Å². The Morgan fingerprint density at radius 2 is 2.18 bits per heavy atom. The zero-order valence-electron chi connectivity index (χ0n) is 11.8. The van der Waals surface area contributed by atoms with Crippen LogP contribution in [0, 0.1) is 0 Å². The van der Waals surface area contributed by atoms with Crippen molar-refractivity contribution in [2.75, 3.05) is 24.7 Å². The van der Waals surface area contributed by atoms with Crippen LogP contribution in [0.3, 0.4) is 0 Å². The van der Waals surface area contributed by atoms with Gasteiger partial charge < -0.3 is 9.64 Å². The van der Waals surface area contributed by atoms with E-state index in [-0.39, 0.29) is 30.5 Å². The van der Waals surface area contributed by atoms with Crippen LogP contribution in [0.4, 0.5) is 0 Å². The molecule has 2 fully saturated rings. The molecule has 2 heterocycles. The summed E-state index contributed by atoms with van der Waals surface area (Å²) in [5, 5.41) is 4.20. The minimum atomic E-state index is -0.0428. The van der Waals surface area contributed by atoms with Gasteiger partial charge in [0.1, 0.15) is 11.9 Å². The Hall–Kier alpha value is -0.330. The second-order valence-corrected chi connectivity index (χ2v) is 7.01. The van der Waals surface area contributed by atoms with Gasteiger partial charge in [0.2, 0.25) is 5.91 Å². The number of hydrogen-bond donors (Lipinski definition) is 1. The highest BCUT2D eigenvalue weighted by atomic mass is 35.5. The summed E-state index contributed by atoms with van der Waals surface area (Å²) >= 11 is 13.6. The first-order chi connectivity index (χ1) is 10.1. The molecule has 0 spiro atoms. The number of benzene rings is 1. The van der Waals surface area contributed by atoms with Gasteiger partial charge in [-0.2, -0.15) is 0 Å². The standard InChI is InChI=1S/C14H16Cl2N2O2S.ClH/c15-11-2-1-9(5-12(11)16)20-10-3-4-18(6-10)14(19)13-7-21-8-17-13;/h1-2,5,10,13,17H,3-4,6-8H2;1H. The molecule has 8 heteroatoms. The molecule has 0 radical (unpaired) electrons. The fraction of sp³-hybridized carbons (Fsp3) is 0.500. The molecule has 1 aromatic rings. The molecular weight excluding hydrogens is 367 g/mol. The molecule has 22 heavy (non-hydrogen) atoms. The quantitative estimate of drug-likeness (QED) is 0.871. The fourth-order valence-corrected chi connectivity index (χ4v) is 3.76. The summed E-state index contributed by atoms with van der Waals surface area (Å²) in [7, 11) is 0. The van der Waals surface area contributed by atoms with E-state index in [9.17, 15) is 4.79 Å². The molecule has 1 N–H and O–H groups in total. The molecule has 0 aromatic heterocycles. The van der Waals surface area contributed by atoms with Gasteiger partial charge in [-0.25, -0.2) is 0 Å². The van der Waals surface area contributed by atoms with Crippen molar-refractivity contribution in [1.29, 1.82) is 0 Å². The summed E-state index contributed by atoms with van der Waals surface area (Å²) in [6, 6.07) is 5.19. The number of thioether (sulfide) groups is 1. The maximum atomic E-state index is 12.3. The van der Waals surface area contributed by atoms with Gasteiger partial charge >= 0.3 is 0 Å². The first kappa shape index (κ1) is 18.0. The van der Waals surface area contributed by atoms with Crippen LogP contribution < -0.4 is 10.1 Å². The van der Waals surface area contributed by atoms with Gasteiger partial charge in [0.05, 0.1) is 22.6 Å². The predicted molar refractivity (Wildman–Crippen MR) is 93.6 cm³/mol. The number of carbonyl (C=O) groups excluding carboxylic acids is 1. The van der Waals surface area contributed by atoms with E-state index in [0.29, 0.717) is 22.3 Å². The SMILES string of the molecule is Cl.O=C(C1CSCN1)N1CCC(Oc2ccc(Cl)c(Cl)c2)C1. The molecule has 0 aliphatic carbocycles. The maximum absolute atomic E-state index is 12.3. The third-order valence-electron chi connectivity index (χ3n) is 3.66. The highest BCUT2D eigenvalue weighted by Crippen LogP contribution is 2.28. The molecule has 0 saturated carbocycles. The average Bonchev–Trinajstić information content (AvgIpc) is 3.13. The third-order valence-corrected chi connectivity index (χ3v) is 5.34. The van der Waals surface area contributed by atoms with Crippen molar-refractivity contribution < 1.29 is 9.53 Å². The topological polar surface area (TPSA) is 41.6 Å². The summed E-state index contributed by atoms with van der Waals surface area (Å²) in [6.45, 7) is 1.37. The first-order valence-electron chi connectivity index (χ1n) is 6.85. The highest BCUT2D eigenvalue weighted by Gasteiger charge is 2.33. The van der Waals surface area contributed by atoms with Gasteiger partial charge in [0.15, 0.2) is 0 Å². The molecule has 3 rings (SSSR count). The van der Waals surface area contributed by atoms with Crippen LogP contribution >= 0.6 is 47.4 Å². The first-order valence-corrected chi connectivity index (χ1v) is 8.76. The molecule has 0 bridgehead atoms. The van der Waals surface area contributed by atoms with Crippen LogP contribution in [0.5, 0.6) is 5.75 Å². The van der Waals surface area contributed by atoms with Crippen LogP contribution in [-0.4, -0.2) is 47.7 Å². The minimum Gasteiger partial charge on any atom is -0.488 e. The number of nitrogens with one attached hydrogen (secondary N) is 1. The number of nitrogens with zero attached hydrogens (tertiary/aromatic N) is 1. The van der Waals surface area contributed by atoms with Gasteiger partial charge in [0, 0.05) is 30.7 Å². The number of hydrogen-bond acceptors (Lipinski definition) is 4. The Bertz CT molecular complexity index is 541. The normalized spacial score (nSPS) is 24.2. The smallest absolute Gasteiger partial charge is 0.240 e. The van der Waals surface area contributed by atoms with Crippen molar-refractivity contribution in [2.24, 2.45) is 0 Å². The van der Waals surface area contributed by atoms with Crippen molar-refractivity contribution in [3.63, 3.8) is 0 Å². The number of halogens is 3. The second-order valence-electron chi connectivity index (χ2n) is 5.16. The summed E-state index contributed by atoms with van der Waals surface area (Å²) < 4.78 is 5.89. The average molecular weight is 384 g/mol. The number of carbonyl (C=O) groups is 1. The van der Waals surface area contributed by atoms with E-state index in [1.165, 1.54) is 0 Å². The zero-order chi connectivity index (χ0) is 14.8. The van der Waals surface area contributed by atoms with Crippen molar-refractivity contribution in [1.82, 2.24) is 10.2 Å². The van der Waals surface area contributed by atoms with Crippen LogP contribution in [0.15, 0.2) is 18.2 Å². The molecular formula is C14H17Cl3N2O2S.